The number of hydrogen-bond acceptors (Lipinski definition) is 8. The molecule has 0 bridgehead atoms. The van der Waals surface area contributed by atoms with Crippen molar-refractivity contribution in [2.24, 2.45) is 0 Å². The van der Waals surface area contributed by atoms with Crippen molar-refractivity contribution in [2.75, 3.05) is 25.0 Å². The fraction of sp³-hybridized carbons (Fsp3) is 0.250. The smallest absolute Gasteiger partial charge is 0.449 e. The Morgan fingerprint density at radius 1 is 0.878 bits per heavy atom. The van der Waals surface area contributed by atoms with Gasteiger partial charge in [0.2, 0.25) is 5.91 Å². The molecule has 0 saturated heterocycles. The zero-order chi connectivity index (χ0) is 29.7. The number of alkyl carbamates (subject to hydrolysis) is 1. The summed E-state index contributed by atoms with van der Waals surface area (Å²) in [6.45, 7) is 0.00532. The van der Waals surface area contributed by atoms with E-state index in [0.29, 0.717) is 24.3 Å². The summed E-state index contributed by atoms with van der Waals surface area (Å²) in [4.78, 5) is 51.7. The van der Waals surface area contributed by atoms with Crippen LogP contribution in [0.2, 0.25) is 0 Å². The number of esters is 2. The number of benzene rings is 2. The number of hydrogen-bond donors (Lipinski definition) is 3. The lowest BCUT2D eigenvalue weighted by atomic mass is 9.99. The molecule has 2 amide bonds. The Morgan fingerprint density at radius 2 is 1.56 bits per heavy atom. The highest BCUT2D eigenvalue weighted by atomic mass is 19.4. The zero-order valence-corrected chi connectivity index (χ0v) is 21.6. The van der Waals surface area contributed by atoms with Crippen molar-refractivity contribution < 1.29 is 41.8 Å². The molecule has 0 fully saturated rings. The average molecular weight is 573 g/mol. The molecular formula is C28H27F3N4O6. The standard InChI is InChI=1S/C28H27F3N4O6/c29-28(30,31)26(38)41-25(37)17-22(21-12-10-20(11-13-21)19-7-2-1-3-8-19)35-24(36)18-34-27(39)40-16-6-15-33-23-9-4-5-14-32-23/h1-5,7-14,22H,6,15-18H2,(H,32,33)(H,34,39)(H,35,36). The predicted octanol–water partition coefficient (Wildman–Crippen LogP) is 4.16. The number of pyridine rings is 1. The van der Waals surface area contributed by atoms with Gasteiger partial charge in [0, 0.05) is 12.7 Å². The highest BCUT2D eigenvalue weighted by Gasteiger charge is 2.42. The SMILES string of the molecule is O=C(CNC(=O)OCCCNc1ccccn1)NC(CC(=O)OC(=O)C(F)(F)F)c1ccc(-c2ccccc2)cc1. The predicted molar refractivity (Wildman–Crippen MR) is 141 cm³/mol. The van der Waals surface area contributed by atoms with Crippen LogP contribution in [0.1, 0.15) is 24.4 Å². The van der Waals surface area contributed by atoms with E-state index in [-0.39, 0.29) is 6.61 Å². The zero-order valence-electron chi connectivity index (χ0n) is 21.6. The van der Waals surface area contributed by atoms with E-state index in [1.54, 1.807) is 42.6 Å². The Morgan fingerprint density at radius 3 is 2.22 bits per heavy atom. The van der Waals surface area contributed by atoms with Crippen molar-refractivity contribution >= 4 is 29.8 Å². The molecule has 2 aromatic carbocycles. The molecule has 0 saturated carbocycles. The van der Waals surface area contributed by atoms with Crippen molar-refractivity contribution in [3.8, 4) is 11.1 Å². The number of anilines is 1. The normalized spacial score (nSPS) is 11.6. The van der Waals surface area contributed by atoms with E-state index in [0.717, 1.165) is 11.1 Å². The van der Waals surface area contributed by atoms with Crippen molar-refractivity contribution in [3.63, 3.8) is 0 Å². The molecule has 10 nitrogen and oxygen atoms in total. The molecule has 0 aliphatic carbocycles. The molecule has 1 aromatic heterocycles. The van der Waals surface area contributed by atoms with Crippen LogP contribution in [0.3, 0.4) is 0 Å². The second-order valence-electron chi connectivity index (χ2n) is 8.56. The van der Waals surface area contributed by atoms with E-state index < -0.39 is 49.1 Å². The average Bonchev–Trinajstić information content (AvgIpc) is 2.96. The Balaban J connectivity index is 1.53. The number of nitrogens with one attached hydrogen (secondary N) is 3. The van der Waals surface area contributed by atoms with Crippen LogP contribution in [0.5, 0.6) is 0 Å². The first kappa shape index (κ1) is 30.6. The number of ether oxygens (including phenoxy) is 2. The summed E-state index contributed by atoms with van der Waals surface area (Å²) in [5.41, 5.74) is 2.07. The fourth-order valence-electron chi connectivity index (χ4n) is 3.53. The Bertz CT molecular complexity index is 1310. The van der Waals surface area contributed by atoms with Gasteiger partial charge < -0.3 is 25.4 Å². The molecule has 216 valence electrons. The topological polar surface area (TPSA) is 136 Å². The van der Waals surface area contributed by atoms with Crippen LogP contribution < -0.4 is 16.0 Å². The van der Waals surface area contributed by atoms with Crippen LogP contribution in [-0.2, 0) is 23.9 Å². The first-order chi connectivity index (χ1) is 19.6. The van der Waals surface area contributed by atoms with E-state index >= 15 is 0 Å². The monoisotopic (exact) mass is 572 g/mol. The third-order valence-electron chi connectivity index (χ3n) is 5.48. The molecule has 1 heterocycles. The summed E-state index contributed by atoms with van der Waals surface area (Å²) in [6, 6.07) is 20.1. The molecule has 3 aromatic rings. The molecule has 13 heteroatoms. The van der Waals surface area contributed by atoms with Gasteiger partial charge in [-0.25, -0.2) is 14.6 Å². The van der Waals surface area contributed by atoms with Crippen molar-refractivity contribution in [1.29, 1.82) is 0 Å². The van der Waals surface area contributed by atoms with E-state index in [1.165, 1.54) is 0 Å². The van der Waals surface area contributed by atoms with Gasteiger partial charge in [-0.1, -0.05) is 60.7 Å². The number of carbonyl (C=O) groups excluding carboxylic acids is 4. The lowest BCUT2D eigenvalue weighted by molar-refractivity contribution is -0.202. The van der Waals surface area contributed by atoms with Gasteiger partial charge in [-0.2, -0.15) is 13.2 Å². The number of alkyl halides is 3. The number of amides is 2. The first-order valence-corrected chi connectivity index (χ1v) is 12.4. The van der Waals surface area contributed by atoms with E-state index in [2.05, 4.69) is 25.7 Å². The highest BCUT2D eigenvalue weighted by Crippen LogP contribution is 2.24. The Hall–Kier alpha value is -4.94. The van der Waals surface area contributed by atoms with Crippen LogP contribution >= 0.6 is 0 Å². The van der Waals surface area contributed by atoms with E-state index in [1.807, 2.05) is 36.4 Å². The lowest BCUT2D eigenvalue weighted by Crippen LogP contribution is -2.40. The van der Waals surface area contributed by atoms with Gasteiger partial charge in [-0.3, -0.25) is 9.59 Å². The Labute approximate surface area is 233 Å². The van der Waals surface area contributed by atoms with Gasteiger partial charge in [0.25, 0.3) is 0 Å². The van der Waals surface area contributed by atoms with Crippen LogP contribution in [0.25, 0.3) is 11.1 Å². The molecular weight excluding hydrogens is 545 g/mol. The first-order valence-electron chi connectivity index (χ1n) is 12.4. The van der Waals surface area contributed by atoms with Crippen LogP contribution in [0, 0.1) is 0 Å². The second kappa shape index (κ2) is 15.0. The summed E-state index contributed by atoms with van der Waals surface area (Å²) in [7, 11) is 0. The summed E-state index contributed by atoms with van der Waals surface area (Å²) in [5, 5.41) is 7.77. The summed E-state index contributed by atoms with van der Waals surface area (Å²) in [6.07, 6.45) is -4.89. The van der Waals surface area contributed by atoms with Gasteiger partial charge >= 0.3 is 24.2 Å². The summed E-state index contributed by atoms with van der Waals surface area (Å²) >= 11 is 0. The molecule has 1 atom stereocenters. The minimum Gasteiger partial charge on any atom is -0.449 e. The maximum Gasteiger partial charge on any atom is 0.491 e. The third-order valence-corrected chi connectivity index (χ3v) is 5.48. The van der Waals surface area contributed by atoms with Gasteiger partial charge in [0.15, 0.2) is 0 Å². The fourth-order valence-corrected chi connectivity index (χ4v) is 3.53. The van der Waals surface area contributed by atoms with E-state index in [4.69, 9.17) is 4.74 Å². The molecule has 0 aliphatic heterocycles. The van der Waals surface area contributed by atoms with Gasteiger partial charge in [0.1, 0.15) is 12.4 Å². The minimum absolute atomic E-state index is 0.0583. The number of rotatable bonds is 12. The van der Waals surface area contributed by atoms with Gasteiger partial charge in [0.05, 0.1) is 19.1 Å². The number of aromatic nitrogens is 1. The summed E-state index contributed by atoms with van der Waals surface area (Å²) in [5.74, 6) is -4.24. The molecule has 41 heavy (non-hydrogen) atoms. The number of carbonyl (C=O) groups is 4. The molecule has 0 aliphatic rings. The van der Waals surface area contributed by atoms with Gasteiger partial charge in [-0.15, -0.1) is 0 Å². The quantitative estimate of drug-likeness (QED) is 0.167. The minimum atomic E-state index is -5.36. The molecule has 1 unspecified atom stereocenters. The van der Waals surface area contributed by atoms with E-state index in [9.17, 15) is 32.3 Å². The van der Waals surface area contributed by atoms with Crippen LogP contribution in [-0.4, -0.2) is 54.8 Å². The van der Waals surface area contributed by atoms with Crippen molar-refractivity contribution in [1.82, 2.24) is 15.6 Å². The Kier molecular flexibility index (Phi) is 11.2. The van der Waals surface area contributed by atoms with Crippen LogP contribution in [0.15, 0.2) is 79.0 Å². The largest absolute Gasteiger partial charge is 0.491 e. The lowest BCUT2D eigenvalue weighted by Gasteiger charge is -2.19. The van der Waals surface area contributed by atoms with Crippen molar-refractivity contribution in [3.05, 3.63) is 84.6 Å². The molecule has 0 spiro atoms. The molecule has 3 N–H and O–H groups in total. The van der Waals surface area contributed by atoms with Gasteiger partial charge in [-0.05, 0) is 35.2 Å². The molecule has 3 rings (SSSR count). The summed E-state index contributed by atoms with van der Waals surface area (Å²) < 4.78 is 46.4. The van der Waals surface area contributed by atoms with Crippen molar-refractivity contribution in [2.45, 2.75) is 25.1 Å². The van der Waals surface area contributed by atoms with Crippen LogP contribution in [0.4, 0.5) is 23.8 Å². The maximum absolute atomic E-state index is 12.5. The third kappa shape index (κ3) is 10.6. The second-order valence-corrected chi connectivity index (χ2v) is 8.56. The molecule has 0 radical (unpaired) electrons. The number of nitrogens with zero attached hydrogens (tertiary/aromatic N) is 1. The number of halogens is 3. The highest BCUT2D eigenvalue weighted by molar-refractivity contribution is 5.89. The maximum atomic E-state index is 12.5.